The summed E-state index contributed by atoms with van der Waals surface area (Å²) < 4.78 is 67.3. The number of alkyl halides is 5. The van der Waals surface area contributed by atoms with Gasteiger partial charge < -0.3 is 9.84 Å². The zero-order valence-corrected chi connectivity index (χ0v) is 8.55. The van der Waals surface area contributed by atoms with Gasteiger partial charge in [-0.25, -0.2) is 8.78 Å². The number of rotatable bonds is 3. The molecule has 0 bridgehead atoms. The molecule has 0 saturated carbocycles. The van der Waals surface area contributed by atoms with Crippen LogP contribution in [0.1, 0.15) is 23.2 Å². The smallest absolute Gasteiger partial charge is 0.420 e. The van der Waals surface area contributed by atoms with Crippen LogP contribution >= 0.6 is 0 Å². The van der Waals surface area contributed by atoms with Gasteiger partial charge in [0.25, 0.3) is 6.43 Å². The Morgan fingerprint density at radius 3 is 2.35 bits per heavy atom. The van der Waals surface area contributed by atoms with Crippen molar-refractivity contribution in [2.24, 2.45) is 0 Å². The standard InChI is InChI=1S/C9H8F5NO2/c1-17-7-5(3-16)15-2-4(8(10)11)6(7)9(12,13)14/h2,8,16H,3H2,1H3. The van der Waals surface area contributed by atoms with Crippen molar-refractivity contribution in [3.05, 3.63) is 23.0 Å². The molecule has 17 heavy (non-hydrogen) atoms. The number of pyridine rings is 1. The van der Waals surface area contributed by atoms with E-state index in [4.69, 9.17) is 5.11 Å². The summed E-state index contributed by atoms with van der Waals surface area (Å²) >= 11 is 0. The Morgan fingerprint density at radius 2 is 2.00 bits per heavy atom. The Hall–Kier alpha value is -1.44. The van der Waals surface area contributed by atoms with Crippen molar-refractivity contribution in [1.82, 2.24) is 4.98 Å². The van der Waals surface area contributed by atoms with Gasteiger partial charge in [0.15, 0.2) is 5.75 Å². The minimum absolute atomic E-state index is 0.390. The van der Waals surface area contributed by atoms with Crippen LogP contribution < -0.4 is 4.74 Å². The first-order valence-corrected chi connectivity index (χ1v) is 4.34. The summed E-state index contributed by atoms with van der Waals surface area (Å²) in [6, 6.07) is 0. The molecule has 0 radical (unpaired) electrons. The van der Waals surface area contributed by atoms with Gasteiger partial charge in [0, 0.05) is 6.20 Å². The number of nitrogens with zero attached hydrogens (tertiary/aromatic N) is 1. The first kappa shape index (κ1) is 13.6. The summed E-state index contributed by atoms with van der Waals surface area (Å²) in [6.07, 6.45) is -7.95. The molecule has 1 aromatic rings. The predicted octanol–water partition coefficient (Wildman–Crippen LogP) is 2.54. The number of aliphatic hydroxyl groups excluding tert-OH is 1. The predicted molar refractivity (Wildman–Crippen MR) is 46.7 cm³/mol. The summed E-state index contributed by atoms with van der Waals surface area (Å²) in [6.45, 7) is -0.838. The minimum atomic E-state index is -5.01. The highest BCUT2D eigenvalue weighted by atomic mass is 19.4. The molecule has 0 aliphatic carbocycles. The second-order valence-corrected chi connectivity index (χ2v) is 3.03. The van der Waals surface area contributed by atoms with E-state index in [0.717, 1.165) is 7.11 Å². The Labute approximate surface area is 92.8 Å². The summed E-state index contributed by atoms with van der Waals surface area (Å²) in [4.78, 5) is 3.31. The van der Waals surface area contributed by atoms with Crippen molar-refractivity contribution >= 4 is 0 Å². The van der Waals surface area contributed by atoms with Crippen LogP contribution in [-0.2, 0) is 12.8 Å². The number of aromatic nitrogens is 1. The Balaban J connectivity index is 3.56. The van der Waals surface area contributed by atoms with Crippen molar-refractivity contribution in [3.63, 3.8) is 0 Å². The molecule has 96 valence electrons. The molecule has 0 fully saturated rings. The van der Waals surface area contributed by atoms with Crippen molar-refractivity contribution in [3.8, 4) is 5.75 Å². The normalized spacial score (nSPS) is 12.0. The molecule has 0 atom stereocenters. The van der Waals surface area contributed by atoms with Crippen LogP contribution in [0.25, 0.3) is 0 Å². The molecule has 0 aromatic carbocycles. The van der Waals surface area contributed by atoms with Crippen LogP contribution in [0.2, 0.25) is 0 Å². The Kier molecular flexibility index (Phi) is 3.87. The zero-order chi connectivity index (χ0) is 13.2. The lowest BCUT2D eigenvalue weighted by atomic mass is 10.1. The average molecular weight is 257 g/mol. The van der Waals surface area contributed by atoms with Gasteiger partial charge in [0.05, 0.1) is 19.3 Å². The molecule has 0 amide bonds. The number of aliphatic hydroxyl groups is 1. The van der Waals surface area contributed by atoms with Gasteiger partial charge in [-0.1, -0.05) is 0 Å². The van der Waals surface area contributed by atoms with E-state index < -0.39 is 41.8 Å². The number of hydrogen-bond donors (Lipinski definition) is 1. The van der Waals surface area contributed by atoms with Crippen molar-refractivity contribution < 1.29 is 31.8 Å². The lowest BCUT2D eigenvalue weighted by molar-refractivity contribution is -0.140. The monoisotopic (exact) mass is 257 g/mol. The van der Waals surface area contributed by atoms with Crippen LogP contribution in [0.3, 0.4) is 0 Å². The van der Waals surface area contributed by atoms with E-state index in [1.165, 1.54) is 0 Å². The lowest BCUT2D eigenvalue weighted by Gasteiger charge is -2.17. The second kappa shape index (κ2) is 4.82. The van der Waals surface area contributed by atoms with E-state index in [9.17, 15) is 22.0 Å². The summed E-state index contributed by atoms with van der Waals surface area (Å²) in [5.74, 6) is -0.877. The third-order valence-electron chi connectivity index (χ3n) is 2.01. The van der Waals surface area contributed by atoms with Crippen LogP contribution in [0.15, 0.2) is 6.20 Å². The van der Waals surface area contributed by atoms with Gasteiger partial charge >= 0.3 is 6.18 Å². The summed E-state index contributed by atoms with van der Waals surface area (Å²) in [5, 5.41) is 8.77. The number of hydrogen-bond acceptors (Lipinski definition) is 3. The van der Waals surface area contributed by atoms with Gasteiger partial charge in [-0.3, -0.25) is 4.98 Å². The molecule has 8 heteroatoms. The minimum Gasteiger partial charge on any atom is -0.494 e. The molecule has 0 aliphatic heterocycles. The molecule has 1 aromatic heterocycles. The third kappa shape index (κ3) is 2.63. The number of halogens is 5. The topological polar surface area (TPSA) is 42.4 Å². The largest absolute Gasteiger partial charge is 0.494 e. The maximum Gasteiger partial charge on any atom is 0.420 e. The average Bonchev–Trinajstić information content (AvgIpc) is 2.25. The van der Waals surface area contributed by atoms with E-state index in [1.807, 2.05) is 0 Å². The van der Waals surface area contributed by atoms with Crippen LogP contribution in [0.5, 0.6) is 5.75 Å². The summed E-state index contributed by atoms with van der Waals surface area (Å²) in [5.41, 5.74) is -3.31. The zero-order valence-electron chi connectivity index (χ0n) is 8.55. The molecule has 1 heterocycles. The van der Waals surface area contributed by atoms with Crippen molar-refractivity contribution in [2.75, 3.05) is 7.11 Å². The quantitative estimate of drug-likeness (QED) is 0.846. The fourth-order valence-corrected chi connectivity index (χ4v) is 1.34. The van der Waals surface area contributed by atoms with E-state index in [2.05, 4.69) is 9.72 Å². The van der Waals surface area contributed by atoms with E-state index >= 15 is 0 Å². The lowest BCUT2D eigenvalue weighted by Crippen LogP contribution is -2.14. The maximum absolute atomic E-state index is 12.6. The fraction of sp³-hybridized carbons (Fsp3) is 0.444. The molecule has 0 spiro atoms. The summed E-state index contributed by atoms with van der Waals surface area (Å²) in [7, 11) is 0.890. The van der Waals surface area contributed by atoms with Gasteiger partial charge in [0.1, 0.15) is 11.3 Å². The molecule has 0 aliphatic rings. The first-order valence-electron chi connectivity index (χ1n) is 4.34. The third-order valence-corrected chi connectivity index (χ3v) is 2.01. The number of ether oxygens (including phenoxy) is 1. The number of methoxy groups -OCH3 is 1. The highest BCUT2D eigenvalue weighted by molar-refractivity contribution is 5.44. The highest BCUT2D eigenvalue weighted by Crippen LogP contribution is 2.42. The fourth-order valence-electron chi connectivity index (χ4n) is 1.34. The molecular formula is C9H8F5NO2. The molecule has 1 rings (SSSR count). The molecule has 1 N–H and O–H groups in total. The van der Waals surface area contributed by atoms with Gasteiger partial charge in [-0.05, 0) is 0 Å². The van der Waals surface area contributed by atoms with Crippen molar-refractivity contribution in [2.45, 2.75) is 19.2 Å². The SMILES string of the molecule is COc1c(CO)ncc(C(F)F)c1C(F)(F)F. The van der Waals surface area contributed by atoms with Crippen LogP contribution in [-0.4, -0.2) is 17.2 Å². The van der Waals surface area contributed by atoms with Gasteiger partial charge in [-0.15, -0.1) is 0 Å². The second-order valence-electron chi connectivity index (χ2n) is 3.03. The maximum atomic E-state index is 12.6. The van der Waals surface area contributed by atoms with E-state index in [1.54, 1.807) is 0 Å². The molecule has 0 saturated heterocycles. The van der Waals surface area contributed by atoms with Crippen LogP contribution in [0, 0.1) is 0 Å². The van der Waals surface area contributed by atoms with Gasteiger partial charge in [0.2, 0.25) is 0 Å². The van der Waals surface area contributed by atoms with E-state index in [0.29, 0.717) is 6.20 Å². The van der Waals surface area contributed by atoms with E-state index in [-0.39, 0.29) is 0 Å². The molecular weight excluding hydrogens is 249 g/mol. The molecule has 0 unspecified atom stereocenters. The van der Waals surface area contributed by atoms with Gasteiger partial charge in [-0.2, -0.15) is 13.2 Å². The molecule has 3 nitrogen and oxygen atoms in total. The Morgan fingerprint density at radius 1 is 1.41 bits per heavy atom. The van der Waals surface area contributed by atoms with Crippen molar-refractivity contribution in [1.29, 1.82) is 0 Å². The van der Waals surface area contributed by atoms with Crippen LogP contribution in [0.4, 0.5) is 22.0 Å². The first-order chi connectivity index (χ1) is 7.82. The highest BCUT2D eigenvalue weighted by Gasteiger charge is 2.40. The Bertz CT molecular complexity index is 405.